The van der Waals surface area contributed by atoms with Crippen LogP contribution in [0.4, 0.5) is 5.69 Å². The van der Waals surface area contributed by atoms with E-state index in [0.717, 1.165) is 4.90 Å². The van der Waals surface area contributed by atoms with Gasteiger partial charge in [-0.25, -0.2) is 9.69 Å². The average molecular weight is 503 g/mol. The summed E-state index contributed by atoms with van der Waals surface area (Å²) < 4.78 is 5.05. The molecule has 1 heterocycles. The molecule has 8 nitrogen and oxygen atoms in total. The van der Waals surface area contributed by atoms with Crippen molar-refractivity contribution in [3.8, 4) is 0 Å². The van der Waals surface area contributed by atoms with Crippen molar-refractivity contribution in [3.63, 3.8) is 0 Å². The molecule has 3 aromatic rings. The first-order valence-corrected chi connectivity index (χ1v) is 11.9. The lowest BCUT2D eigenvalue weighted by Gasteiger charge is -2.48. The number of halogens is 1. The maximum Gasteiger partial charge on any atom is 0.339 e. The van der Waals surface area contributed by atoms with E-state index in [2.05, 4.69) is 0 Å². The van der Waals surface area contributed by atoms with E-state index in [1.54, 1.807) is 55.5 Å². The zero-order chi connectivity index (χ0) is 25.4. The molecule has 1 fully saturated rings. The third-order valence-corrected chi connectivity index (χ3v) is 7.89. The van der Waals surface area contributed by atoms with E-state index in [-0.39, 0.29) is 22.9 Å². The smallest absolute Gasteiger partial charge is 0.339 e. The minimum atomic E-state index is -1.91. The molecule has 2 atom stereocenters. The number of amides is 2. The Kier molecular flexibility index (Phi) is 4.82. The zero-order valence-electron chi connectivity index (χ0n) is 19.0. The van der Waals surface area contributed by atoms with E-state index < -0.39 is 46.0 Å². The molecule has 2 amide bonds. The number of nitrogens with zero attached hydrogens (tertiary/aromatic N) is 2. The Hall–Kier alpha value is -4.04. The highest BCUT2D eigenvalue weighted by Gasteiger charge is 2.74. The summed E-state index contributed by atoms with van der Waals surface area (Å²) in [7, 11) is 0. The van der Waals surface area contributed by atoms with Gasteiger partial charge in [-0.1, -0.05) is 60.1 Å². The second-order valence-corrected chi connectivity index (χ2v) is 9.48. The summed E-state index contributed by atoms with van der Waals surface area (Å²) in [4.78, 5) is 53.9. The molecular formula is C27H19ClN2O6. The molecule has 7 rings (SSSR count). The van der Waals surface area contributed by atoms with Gasteiger partial charge < -0.3 is 4.74 Å². The number of anilines is 1. The van der Waals surface area contributed by atoms with Crippen LogP contribution in [-0.4, -0.2) is 29.3 Å². The van der Waals surface area contributed by atoms with E-state index in [1.165, 1.54) is 18.2 Å². The van der Waals surface area contributed by atoms with Gasteiger partial charge in [-0.15, -0.1) is 0 Å². The second kappa shape index (κ2) is 7.73. The Morgan fingerprint density at radius 2 is 1.64 bits per heavy atom. The van der Waals surface area contributed by atoms with Crippen LogP contribution >= 0.6 is 11.6 Å². The number of ether oxygens (including phenoxy) is 1. The summed E-state index contributed by atoms with van der Waals surface area (Å²) in [6, 6.07) is 18.2. The minimum absolute atomic E-state index is 0.00465. The van der Waals surface area contributed by atoms with Crippen LogP contribution in [-0.2, 0) is 19.9 Å². The summed E-state index contributed by atoms with van der Waals surface area (Å²) in [5.41, 5.74) is 0.450. The lowest BCUT2D eigenvalue weighted by Crippen LogP contribution is -2.57. The minimum Gasteiger partial charge on any atom is -0.462 e. The largest absolute Gasteiger partial charge is 0.462 e. The first-order chi connectivity index (χ1) is 17.3. The van der Waals surface area contributed by atoms with Gasteiger partial charge in [-0.3, -0.25) is 19.7 Å². The Labute approximate surface area is 210 Å². The van der Waals surface area contributed by atoms with Gasteiger partial charge in [0.05, 0.1) is 28.8 Å². The van der Waals surface area contributed by atoms with Gasteiger partial charge in [0.1, 0.15) is 5.92 Å². The van der Waals surface area contributed by atoms with Gasteiger partial charge in [0.25, 0.3) is 5.54 Å². The lowest BCUT2D eigenvalue weighted by atomic mass is 9.51. The van der Waals surface area contributed by atoms with E-state index in [1.807, 2.05) is 0 Å². The Bertz CT molecular complexity index is 1450. The van der Waals surface area contributed by atoms with Crippen molar-refractivity contribution in [1.29, 1.82) is 0 Å². The van der Waals surface area contributed by atoms with Gasteiger partial charge in [0, 0.05) is 22.0 Å². The highest BCUT2D eigenvalue weighted by molar-refractivity contribution is 6.34. The van der Waals surface area contributed by atoms with Crippen LogP contribution in [0, 0.1) is 22.0 Å². The number of hydrogen-bond donors (Lipinski definition) is 0. The lowest BCUT2D eigenvalue weighted by molar-refractivity contribution is -0.578. The van der Waals surface area contributed by atoms with E-state index in [4.69, 9.17) is 16.3 Å². The van der Waals surface area contributed by atoms with Gasteiger partial charge >= 0.3 is 5.97 Å². The number of imide groups is 1. The number of rotatable bonds is 4. The zero-order valence-corrected chi connectivity index (χ0v) is 19.8. The van der Waals surface area contributed by atoms with Crippen molar-refractivity contribution in [2.24, 2.45) is 11.8 Å². The van der Waals surface area contributed by atoms with E-state index >= 15 is 0 Å². The van der Waals surface area contributed by atoms with Gasteiger partial charge in [-0.05, 0) is 36.2 Å². The van der Waals surface area contributed by atoms with Crippen molar-refractivity contribution in [1.82, 2.24) is 0 Å². The Morgan fingerprint density at radius 1 is 1.03 bits per heavy atom. The summed E-state index contributed by atoms with van der Waals surface area (Å²) in [6.45, 7) is 1.77. The molecule has 3 aliphatic carbocycles. The fourth-order valence-electron chi connectivity index (χ4n) is 6.31. The van der Waals surface area contributed by atoms with E-state index in [9.17, 15) is 24.5 Å². The summed E-state index contributed by atoms with van der Waals surface area (Å²) >= 11 is 6.19. The standard InChI is InChI=1S/C27H19ClN2O6/c1-2-36-26(33)17-13-14(11-12-20(17)28)29-24(31)22-21-15-7-3-5-9-18(15)27(30(34)35,23(22)25(29)32)19-10-6-4-8-16(19)21/h3-13,21-23H,2H2,1H3/t21?,22-,23+,27?/m1/s1. The van der Waals surface area contributed by atoms with Gasteiger partial charge in [0.15, 0.2) is 0 Å². The van der Waals surface area contributed by atoms with Crippen LogP contribution in [0.1, 0.15) is 45.5 Å². The third-order valence-electron chi connectivity index (χ3n) is 7.56. The SMILES string of the molecule is CCOC(=O)c1cc(N2C(=O)[C@@H]3C4c5ccccc5C([N+](=O)[O-])(c5ccccc54)[C@@H]3C2=O)ccc1Cl. The first-order valence-electron chi connectivity index (χ1n) is 11.5. The average Bonchev–Trinajstić information content (AvgIpc) is 3.15. The Balaban J connectivity index is 1.58. The summed E-state index contributed by atoms with van der Waals surface area (Å²) in [5.74, 6) is -4.62. The molecule has 1 saturated heterocycles. The van der Waals surface area contributed by atoms with Crippen molar-refractivity contribution in [3.05, 3.63) is 110 Å². The maximum absolute atomic E-state index is 14.0. The molecule has 0 saturated carbocycles. The highest BCUT2D eigenvalue weighted by atomic mass is 35.5. The molecule has 0 spiro atoms. The summed E-state index contributed by atoms with van der Waals surface area (Å²) in [5, 5.41) is 13.1. The van der Waals surface area contributed by atoms with Crippen molar-refractivity contribution < 1.29 is 24.0 Å². The quantitative estimate of drug-likeness (QED) is 0.228. The van der Waals surface area contributed by atoms with Crippen LogP contribution in [0.3, 0.4) is 0 Å². The van der Waals surface area contributed by atoms with Crippen LogP contribution in [0.5, 0.6) is 0 Å². The number of carbonyl (C=O) groups is 3. The molecule has 0 N–H and O–H groups in total. The summed E-state index contributed by atoms with van der Waals surface area (Å²) in [6.07, 6.45) is 0. The fraction of sp³-hybridized carbons (Fsp3) is 0.222. The number of nitro groups is 1. The topological polar surface area (TPSA) is 107 Å². The van der Waals surface area contributed by atoms with Gasteiger partial charge in [-0.2, -0.15) is 0 Å². The third kappa shape index (κ3) is 2.62. The molecule has 3 aromatic carbocycles. The van der Waals surface area contributed by atoms with Crippen LogP contribution in [0.15, 0.2) is 66.7 Å². The van der Waals surface area contributed by atoms with Crippen LogP contribution in [0.2, 0.25) is 5.02 Å². The van der Waals surface area contributed by atoms with Crippen molar-refractivity contribution in [2.75, 3.05) is 11.5 Å². The molecule has 9 heteroatoms. The van der Waals surface area contributed by atoms with Crippen LogP contribution in [0.25, 0.3) is 0 Å². The van der Waals surface area contributed by atoms with Crippen molar-refractivity contribution >= 4 is 35.1 Å². The normalized spacial score (nSPS) is 25.3. The van der Waals surface area contributed by atoms with Crippen LogP contribution < -0.4 is 4.90 Å². The second-order valence-electron chi connectivity index (χ2n) is 9.08. The van der Waals surface area contributed by atoms with Gasteiger partial charge in [0.2, 0.25) is 11.8 Å². The van der Waals surface area contributed by atoms with E-state index in [0.29, 0.717) is 22.3 Å². The number of hydrogen-bond acceptors (Lipinski definition) is 6. The molecule has 180 valence electrons. The predicted molar refractivity (Wildman–Crippen MR) is 129 cm³/mol. The molecule has 2 bridgehead atoms. The maximum atomic E-state index is 14.0. The molecule has 1 aliphatic heterocycles. The molecule has 0 aromatic heterocycles. The Morgan fingerprint density at radius 3 is 2.22 bits per heavy atom. The molecular weight excluding hydrogens is 484 g/mol. The molecule has 4 aliphatic rings. The monoisotopic (exact) mass is 502 g/mol. The first kappa shape index (κ1) is 22.4. The molecule has 0 unspecified atom stereocenters. The number of esters is 1. The molecule has 0 radical (unpaired) electrons. The number of benzene rings is 3. The fourth-order valence-corrected chi connectivity index (χ4v) is 6.51. The van der Waals surface area contributed by atoms with Crippen molar-refractivity contribution in [2.45, 2.75) is 18.4 Å². The predicted octanol–water partition coefficient (Wildman–Crippen LogP) is 4.30. The highest BCUT2D eigenvalue weighted by Crippen LogP contribution is 2.64. The number of carbonyl (C=O) groups excluding carboxylic acids is 3. The molecule has 36 heavy (non-hydrogen) atoms.